The molecule has 39 heavy (non-hydrogen) atoms. The van der Waals surface area contributed by atoms with Crippen LogP contribution in [0.25, 0.3) is 44.5 Å². The van der Waals surface area contributed by atoms with E-state index in [1.165, 1.54) is 12.4 Å². The predicted octanol–water partition coefficient (Wildman–Crippen LogP) is 6.37. The number of phenolic OH excluding ortho intramolecular Hbond substituents is 1. The molecule has 0 bridgehead atoms. The minimum absolute atomic E-state index is 0.0616. The van der Waals surface area contributed by atoms with Crippen LogP contribution in [0.15, 0.2) is 79.1 Å². The molecule has 0 unspecified atom stereocenters. The zero-order valence-electron chi connectivity index (χ0n) is 20.6. The fourth-order valence-electron chi connectivity index (χ4n) is 4.76. The third-order valence-corrected chi connectivity index (χ3v) is 6.59. The summed E-state index contributed by atoms with van der Waals surface area (Å²) in [5, 5.41) is 16.2. The van der Waals surface area contributed by atoms with Crippen molar-refractivity contribution in [3.05, 3.63) is 95.8 Å². The van der Waals surface area contributed by atoms with Gasteiger partial charge in [-0.05, 0) is 42.8 Å². The fraction of sp³-hybridized carbons (Fsp3) is 0.103. The lowest BCUT2D eigenvalue weighted by Crippen LogP contribution is -2.08. The lowest BCUT2D eigenvalue weighted by Gasteiger charge is -2.14. The van der Waals surface area contributed by atoms with Gasteiger partial charge < -0.3 is 10.8 Å². The van der Waals surface area contributed by atoms with Crippen molar-refractivity contribution < 1.29 is 18.3 Å². The van der Waals surface area contributed by atoms with Gasteiger partial charge in [-0.15, -0.1) is 0 Å². The quantitative estimate of drug-likeness (QED) is 0.277. The maximum atomic E-state index is 13.6. The first-order chi connectivity index (χ1) is 18.7. The van der Waals surface area contributed by atoms with Crippen molar-refractivity contribution in [2.24, 2.45) is 0 Å². The first kappa shape index (κ1) is 24.4. The highest BCUT2D eigenvalue weighted by molar-refractivity contribution is 5.98. The van der Waals surface area contributed by atoms with Crippen molar-refractivity contribution in [2.45, 2.75) is 19.6 Å². The summed E-state index contributed by atoms with van der Waals surface area (Å²) in [6.07, 6.45) is -3.16. The Morgan fingerprint density at radius 1 is 0.897 bits per heavy atom. The van der Waals surface area contributed by atoms with Crippen LogP contribution in [0.3, 0.4) is 0 Å². The Morgan fingerprint density at radius 2 is 1.64 bits per heavy atom. The molecule has 6 rings (SSSR count). The first-order valence-corrected chi connectivity index (χ1v) is 12.0. The third kappa shape index (κ3) is 4.39. The largest absolute Gasteiger partial charge is 0.508 e. The molecule has 0 spiro atoms. The molecule has 194 valence electrons. The van der Waals surface area contributed by atoms with Gasteiger partial charge in [0.2, 0.25) is 0 Å². The highest BCUT2D eigenvalue weighted by Gasteiger charge is 2.31. The van der Waals surface area contributed by atoms with E-state index in [1.807, 2.05) is 31.2 Å². The standard InChI is InChI=1S/C29H21F3N6O/c1-16-5-2-6-17-11-20(25(36-24(16)17)18-7-3-9-21(12-18)29(30,31)32)14-38-28-23(27(33)34-15-35-28)26(37-38)19-8-4-10-22(39)13-19/h2-13,15,39H,14H2,1H3,(H2,33,34,35). The van der Waals surface area contributed by atoms with Crippen LogP contribution in [0.1, 0.15) is 16.7 Å². The molecule has 3 aromatic heterocycles. The number of para-hydroxylation sites is 1. The second kappa shape index (κ2) is 9.09. The smallest absolute Gasteiger partial charge is 0.416 e. The first-order valence-electron chi connectivity index (χ1n) is 12.0. The van der Waals surface area contributed by atoms with E-state index in [0.29, 0.717) is 44.6 Å². The number of hydrogen-bond donors (Lipinski definition) is 2. The number of halogens is 3. The molecule has 0 amide bonds. The summed E-state index contributed by atoms with van der Waals surface area (Å²) in [5.41, 5.74) is 10.0. The van der Waals surface area contributed by atoms with E-state index in [0.717, 1.165) is 23.1 Å². The molecule has 7 nitrogen and oxygen atoms in total. The molecule has 0 saturated carbocycles. The molecule has 0 fully saturated rings. The number of pyridine rings is 1. The molecule has 0 atom stereocenters. The zero-order valence-corrected chi connectivity index (χ0v) is 20.6. The molecule has 3 N–H and O–H groups in total. The van der Waals surface area contributed by atoms with Crippen molar-refractivity contribution in [3.63, 3.8) is 0 Å². The van der Waals surface area contributed by atoms with Gasteiger partial charge >= 0.3 is 6.18 Å². The molecule has 0 aliphatic carbocycles. The van der Waals surface area contributed by atoms with Gasteiger partial charge in [0.25, 0.3) is 0 Å². The number of nitrogen functional groups attached to an aromatic ring is 1. The van der Waals surface area contributed by atoms with Gasteiger partial charge in [0.15, 0.2) is 5.65 Å². The van der Waals surface area contributed by atoms with E-state index in [1.54, 1.807) is 35.0 Å². The summed E-state index contributed by atoms with van der Waals surface area (Å²) in [6.45, 7) is 2.06. The van der Waals surface area contributed by atoms with Crippen LogP contribution in [-0.4, -0.2) is 29.8 Å². The lowest BCUT2D eigenvalue weighted by atomic mass is 10.00. The third-order valence-electron chi connectivity index (χ3n) is 6.59. The molecule has 0 aliphatic heterocycles. The number of hydrogen-bond acceptors (Lipinski definition) is 6. The minimum atomic E-state index is -4.49. The number of alkyl halides is 3. The summed E-state index contributed by atoms with van der Waals surface area (Å²) in [6, 6.07) is 19.4. The number of aromatic hydroxyl groups is 1. The Hall–Kier alpha value is -4.99. The molecular formula is C29H21F3N6O. The average Bonchev–Trinajstić information content (AvgIpc) is 3.28. The maximum Gasteiger partial charge on any atom is 0.416 e. The molecule has 3 aromatic carbocycles. The summed E-state index contributed by atoms with van der Waals surface area (Å²) in [5.74, 6) is 0.279. The lowest BCUT2D eigenvalue weighted by molar-refractivity contribution is -0.137. The normalized spacial score (nSPS) is 11.9. The molecule has 0 saturated heterocycles. The highest BCUT2D eigenvalue weighted by atomic mass is 19.4. The molecule has 0 aliphatic rings. The van der Waals surface area contributed by atoms with Crippen molar-refractivity contribution in [1.82, 2.24) is 24.7 Å². The summed E-state index contributed by atoms with van der Waals surface area (Å²) >= 11 is 0. The van der Waals surface area contributed by atoms with Gasteiger partial charge in [0.1, 0.15) is 23.6 Å². The number of fused-ring (bicyclic) bond motifs is 2. The van der Waals surface area contributed by atoms with Gasteiger partial charge in [-0.25, -0.2) is 19.6 Å². The van der Waals surface area contributed by atoms with E-state index in [9.17, 15) is 18.3 Å². The predicted molar refractivity (Wildman–Crippen MR) is 143 cm³/mol. The topological polar surface area (TPSA) is 103 Å². The Morgan fingerprint density at radius 3 is 2.41 bits per heavy atom. The second-order valence-electron chi connectivity index (χ2n) is 9.24. The van der Waals surface area contributed by atoms with Crippen LogP contribution < -0.4 is 5.73 Å². The number of nitrogens with zero attached hydrogens (tertiary/aromatic N) is 5. The highest BCUT2D eigenvalue weighted by Crippen LogP contribution is 2.36. The Bertz CT molecular complexity index is 1880. The second-order valence-corrected chi connectivity index (χ2v) is 9.24. The monoisotopic (exact) mass is 526 g/mol. The number of nitrogens with two attached hydrogens (primary N) is 1. The molecule has 0 radical (unpaired) electrons. The Kier molecular flexibility index (Phi) is 5.67. The summed E-state index contributed by atoms with van der Waals surface area (Å²) < 4.78 is 42.4. The van der Waals surface area contributed by atoms with E-state index in [4.69, 9.17) is 15.8 Å². The van der Waals surface area contributed by atoms with Crippen molar-refractivity contribution in [3.8, 4) is 28.3 Å². The van der Waals surface area contributed by atoms with Crippen LogP contribution in [0, 0.1) is 6.92 Å². The molecular weight excluding hydrogens is 505 g/mol. The number of benzene rings is 3. The number of aryl methyl sites for hydroxylation is 1. The van der Waals surface area contributed by atoms with Crippen molar-refractivity contribution in [2.75, 3.05) is 5.73 Å². The van der Waals surface area contributed by atoms with Crippen LogP contribution in [0.2, 0.25) is 0 Å². The van der Waals surface area contributed by atoms with E-state index >= 15 is 0 Å². The summed E-state index contributed by atoms with van der Waals surface area (Å²) in [7, 11) is 0. The van der Waals surface area contributed by atoms with Crippen LogP contribution >= 0.6 is 0 Å². The molecule has 3 heterocycles. The van der Waals surface area contributed by atoms with E-state index in [2.05, 4.69) is 9.97 Å². The SMILES string of the molecule is Cc1cccc2cc(Cn3nc(-c4cccc(O)c4)c4c(N)ncnc43)c(-c3cccc(C(F)(F)F)c3)nc12. The average molecular weight is 527 g/mol. The van der Waals surface area contributed by atoms with Gasteiger partial charge in [-0.1, -0.05) is 42.5 Å². The van der Waals surface area contributed by atoms with Crippen LogP contribution in [0.5, 0.6) is 5.75 Å². The zero-order chi connectivity index (χ0) is 27.3. The Labute approximate surface area is 220 Å². The number of rotatable bonds is 4. The van der Waals surface area contributed by atoms with E-state index in [-0.39, 0.29) is 18.1 Å². The van der Waals surface area contributed by atoms with E-state index < -0.39 is 11.7 Å². The number of aromatic nitrogens is 5. The Balaban J connectivity index is 1.57. The number of anilines is 1. The molecule has 6 aromatic rings. The van der Waals surface area contributed by atoms with Gasteiger partial charge in [0, 0.05) is 22.1 Å². The fourth-order valence-corrected chi connectivity index (χ4v) is 4.76. The van der Waals surface area contributed by atoms with Gasteiger partial charge in [-0.2, -0.15) is 18.3 Å². The molecule has 10 heteroatoms. The van der Waals surface area contributed by atoms with Gasteiger partial charge in [0.05, 0.1) is 28.7 Å². The van der Waals surface area contributed by atoms with Gasteiger partial charge in [-0.3, -0.25) is 0 Å². The minimum Gasteiger partial charge on any atom is -0.508 e. The summed E-state index contributed by atoms with van der Waals surface area (Å²) in [4.78, 5) is 13.4. The number of phenols is 1. The maximum absolute atomic E-state index is 13.6. The van der Waals surface area contributed by atoms with Crippen molar-refractivity contribution >= 4 is 27.8 Å². The van der Waals surface area contributed by atoms with Crippen LogP contribution in [-0.2, 0) is 12.7 Å². The van der Waals surface area contributed by atoms with Crippen LogP contribution in [0.4, 0.5) is 19.0 Å². The van der Waals surface area contributed by atoms with Crippen molar-refractivity contribution in [1.29, 1.82) is 0 Å².